The lowest BCUT2D eigenvalue weighted by Crippen LogP contribution is -2.48. The quantitative estimate of drug-likeness (QED) is 0.753. The largest absolute Gasteiger partial charge is 0.379 e. The number of ether oxygens (including phenoxy) is 1. The van der Waals surface area contributed by atoms with Crippen LogP contribution < -0.4 is 5.32 Å². The first-order valence-electron chi connectivity index (χ1n) is 5.87. The minimum Gasteiger partial charge on any atom is -0.379 e. The molecule has 92 valence electrons. The Kier molecular flexibility index (Phi) is 4.10. The van der Waals surface area contributed by atoms with Crippen molar-refractivity contribution >= 4 is 17.7 Å². The lowest BCUT2D eigenvalue weighted by molar-refractivity contribution is -0.135. The Bertz CT molecular complexity index is 262. The molecule has 16 heavy (non-hydrogen) atoms. The van der Waals surface area contributed by atoms with Gasteiger partial charge in [0.05, 0.1) is 19.1 Å². The van der Waals surface area contributed by atoms with Crippen molar-refractivity contribution in [3.05, 3.63) is 0 Å². The molecule has 0 aliphatic carbocycles. The van der Waals surface area contributed by atoms with Gasteiger partial charge in [0.25, 0.3) is 0 Å². The summed E-state index contributed by atoms with van der Waals surface area (Å²) in [5.74, 6) is 1.34. The number of amides is 1. The first kappa shape index (κ1) is 12.2. The van der Waals surface area contributed by atoms with Crippen LogP contribution in [-0.4, -0.2) is 61.2 Å². The number of hydrogen-bond acceptors (Lipinski definition) is 4. The summed E-state index contributed by atoms with van der Waals surface area (Å²) in [5, 5.41) is 3.73. The lowest BCUT2D eigenvalue weighted by Gasteiger charge is -2.33. The van der Waals surface area contributed by atoms with E-state index < -0.39 is 0 Å². The number of rotatable bonds is 2. The Morgan fingerprint density at radius 1 is 1.50 bits per heavy atom. The van der Waals surface area contributed by atoms with Crippen molar-refractivity contribution in [2.45, 2.75) is 18.2 Å². The van der Waals surface area contributed by atoms with Crippen molar-refractivity contribution in [2.24, 2.45) is 5.92 Å². The van der Waals surface area contributed by atoms with Crippen LogP contribution in [0.2, 0.25) is 0 Å². The molecule has 3 atom stereocenters. The van der Waals surface area contributed by atoms with E-state index in [2.05, 4.69) is 12.2 Å². The fraction of sp³-hybridized carbons (Fsp3) is 0.909. The molecule has 0 radical (unpaired) electrons. The summed E-state index contributed by atoms with van der Waals surface area (Å²) in [4.78, 5) is 14.3. The zero-order valence-electron chi connectivity index (χ0n) is 9.94. The van der Waals surface area contributed by atoms with Crippen molar-refractivity contribution < 1.29 is 9.53 Å². The molecule has 0 saturated carbocycles. The number of carbonyl (C=O) groups excluding carboxylic acids is 1. The topological polar surface area (TPSA) is 41.6 Å². The molecular weight excluding hydrogens is 224 g/mol. The van der Waals surface area contributed by atoms with E-state index in [1.54, 1.807) is 0 Å². The normalized spacial score (nSPS) is 35.4. The third-order valence-corrected chi connectivity index (χ3v) is 4.46. The highest BCUT2D eigenvalue weighted by Crippen LogP contribution is 2.22. The molecule has 4 nitrogen and oxygen atoms in total. The van der Waals surface area contributed by atoms with Gasteiger partial charge in [0.15, 0.2) is 0 Å². The third kappa shape index (κ3) is 2.52. The fourth-order valence-electron chi connectivity index (χ4n) is 2.34. The zero-order valence-corrected chi connectivity index (χ0v) is 10.8. The molecule has 2 fully saturated rings. The first-order chi connectivity index (χ1) is 7.72. The van der Waals surface area contributed by atoms with Gasteiger partial charge >= 0.3 is 0 Å². The smallest absolute Gasteiger partial charge is 0.229 e. The van der Waals surface area contributed by atoms with E-state index in [4.69, 9.17) is 4.74 Å². The van der Waals surface area contributed by atoms with Crippen molar-refractivity contribution in [1.29, 1.82) is 0 Å². The molecule has 2 aliphatic rings. The highest BCUT2D eigenvalue weighted by molar-refractivity contribution is 7.99. The standard InChI is InChI=1S/C11H20N2O2S/c1-8-5-13(3-4-16-8)11(14)9-6-15-7-10(9)12-2/h8-10,12H,3-7H2,1-2H3. The fourth-order valence-corrected chi connectivity index (χ4v) is 3.35. The van der Waals surface area contributed by atoms with Crippen LogP contribution in [0.1, 0.15) is 6.92 Å². The summed E-state index contributed by atoms with van der Waals surface area (Å²) in [7, 11) is 1.90. The van der Waals surface area contributed by atoms with Crippen LogP contribution in [0.4, 0.5) is 0 Å². The van der Waals surface area contributed by atoms with Gasteiger partial charge < -0.3 is 15.0 Å². The predicted octanol–water partition coefficient (Wildman–Crippen LogP) is 0.185. The van der Waals surface area contributed by atoms with Gasteiger partial charge in [-0.1, -0.05) is 6.92 Å². The number of nitrogens with zero attached hydrogens (tertiary/aromatic N) is 1. The summed E-state index contributed by atoms with van der Waals surface area (Å²) in [6.07, 6.45) is 0. The minimum atomic E-state index is 0.0142. The number of hydrogen-bond donors (Lipinski definition) is 1. The van der Waals surface area contributed by atoms with Gasteiger partial charge in [0.2, 0.25) is 5.91 Å². The van der Waals surface area contributed by atoms with Gasteiger partial charge in [-0.3, -0.25) is 4.79 Å². The van der Waals surface area contributed by atoms with Crippen LogP contribution in [0.3, 0.4) is 0 Å². The molecule has 0 spiro atoms. The van der Waals surface area contributed by atoms with E-state index in [0.29, 0.717) is 18.5 Å². The van der Waals surface area contributed by atoms with Crippen molar-refractivity contribution in [2.75, 3.05) is 39.1 Å². The van der Waals surface area contributed by atoms with Gasteiger partial charge in [-0.15, -0.1) is 0 Å². The second-order valence-electron chi connectivity index (χ2n) is 4.50. The van der Waals surface area contributed by atoms with Gasteiger partial charge in [0, 0.05) is 30.1 Å². The first-order valence-corrected chi connectivity index (χ1v) is 6.92. The number of thioether (sulfide) groups is 1. The Morgan fingerprint density at radius 3 is 3.00 bits per heavy atom. The average Bonchev–Trinajstić information content (AvgIpc) is 2.76. The molecule has 2 heterocycles. The molecule has 0 bridgehead atoms. The molecule has 2 aliphatic heterocycles. The number of likely N-dealkylation sites (N-methyl/N-ethyl adjacent to an activating group) is 1. The van der Waals surface area contributed by atoms with E-state index in [9.17, 15) is 4.79 Å². The second kappa shape index (κ2) is 5.38. The van der Waals surface area contributed by atoms with E-state index in [1.165, 1.54) is 0 Å². The van der Waals surface area contributed by atoms with E-state index in [0.717, 1.165) is 18.8 Å². The molecule has 1 N–H and O–H groups in total. The van der Waals surface area contributed by atoms with Crippen molar-refractivity contribution in [1.82, 2.24) is 10.2 Å². The molecule has 2 rings (SSSR count). The molecule has 0 aromatic carbocycles. The van der Waals surface area contributed by atoms with Gasteiger partial charge in [-0.2, -0.15) is 11.8 Å². The predicted molar refractivity (Wildman–Crippen MR) is 65.7 cm³/mol. The van der Waals surface area contributed by atoms with Crippen LogP contribution >= 0.6 is 11.8 Å². The van der Waals surface area contributed by atoms with Crippen molar-refractivity contribution in [3.63, 3.8) is 0 Å². The van der Waals surface area contributed by atoms with Crippen LogP contribution in [-0.2, 0) is 9.53 Å². The summed E-state index contributed by atoms with van der Waals surface area (Å²) in [6, 6.07) is 0.192. The Balaban J connectivity index is 1.95. The molecule has 5 heteroatoms. The SMILES string of the molecule is CNC1COCC1C(=O)N1CCSC(C)C1. The zero-order chi connectivity index (χ0) is 11.5. The Hall–Kier alpha value is -0.260. The summed E-state index contributed by atoms with van der Waals surface area (Å²) in [5.41, 5.74) is 0. The highest BCUT2D eigenvalue weighted by Gasteiger charge is 2.36. The molecule has 0 aromatic rings. The van der Waals surface area contributed by atoms with E-state index in [1.807, 2.05) is 23.7 Å². The second-order valence-corrected chi connectivity index (χ2v) is 6.05. The van der Waals surface area contributed by atoms with Gasteiger partial charge in [-0.05, 0) is 7.05 Å². The van der Waals surface area contributed by atoms with Crippen LogP contribution in [0.5, 0.6) is 0 Å². The number of nitrogens with one attached hydrogen (secondary N) is 1. The van der Waals surface area contributed by atoms with Crippen LogP contribution in [0.25, 0.3) is 0 Å². The average molecular weight is 244 g/mol. The summed E-state index contributed by atoms with van der Waals surface area (Å²) < 4.78 is 5.38. The van der Waals surface area contributed by atoms with Crippen LogP contribution in [0, 0.1) is 5.92 Å². The minimum absolute atomic E-state index is 0.0142. The summed E-state index contributed by atoms with van der Waals surface area (Å²) >= 11 is 1.95. The third-order valence-electron chi connectivity index (χ3n) is 3.32. The number of carbonyl (C=O) groups is 1. The lowest BCUT2D eigenvalue weighted by atomic mass is 10.0. The Morgan fingerprint density at radius 2 is 2.31 bits per heavy atom. The maximum Gasteiger partial charge on any atom is 0.229 e. The van der Waals surface area contributed by atoms with Gasteiger partial charge in [0.1, 0.15) is 0 Å². The van der Waals surface area contributed by atoms with Crippen LogP contribution in [0.15, 0.2) is 0 Å². The molecule has 1 amide bonds. The van der Waals surface area contributed by atoms with Gasteiger partial charge in [-0.25, -0.2) is 0 Å². The highest BCUT2D eigenvalue weighted by atomic mass is 32.2. The molecular formula is C11H20N2O2S. The van der Waals surface area contributed by atoms with E-state index >= 15 is 0 Å². The Labute approximate surface area is 101 Å². The molecule has 3 unspecified atom stereocenters. The van der Waals surface area contributed by atoms with Crippen molar-refractivity contribution in [3.8, 4) is 0 Å². The maximum absolute atomic E-state index is 12.3. The maximum atomic E-state index is 12.3. The molecule has 2 saturated heterocycles. The van der Waals surface area contributed by atoms with E-state index in [-0.39, 0.29) is 17.9 Å². The monoisotopic (exact) mass is 244 g/mol. The summed E-state index contributed by atoms with van der Waals surface area (Å²) in [6.45, 7) is 5.19. The molecule has 0 aromatic heterocycles.